The highest BCUT2D eigenvalue weighted by molar-refractivity contribution is 7.90. The highest BCUT2D eigenvalue weighted by atomic mass is 35.5. The Morgan fingerprint density at radius 3 is 2.72 bits per heavy atom. The number of nitrogens with zero attached hydrogens (tertiary/aromatic N) is 2. The monoisotopic (exact) mass is 444 g/mol. The molecule has 0 amide bonds. The minimum Gasteiger partial charge on any atom is -0.468 e. The Labute approximate surface area is 177 Å². The van der Waals surface area contributed by atoms with Crippen LogP contribution in [0, 0.1) is 6.92 Å². The van der Waals surface area contributed by atoms with E-state index in [9.17, 15) is 13.2 Å². The summed E-state index contributed by atoms with van der Waals surface area (Å²) in [6.07, 6.45) is 0.236. The largest absolute Gasteiger partial charge is 0.468 e. The van der Waals surface area contributed by atoms with Crippen molar-refractivity contribution in [1.29, 1.82) is 0 Å². The molecule has 2 aliphatic rings. The lowest BCUT2D eigenvalue weighted by Gasteiger charge is -2.37. The van der Waals surface area contributed by atoms with Gasteiger partial charge in [-0.2, -0.15) is 0 Å². The van der Waals surface area contributed by atoms with E-state index >= 15 is 0 Å². The summed E-state index contributed by atoms with van der Waals surface area (Å²) in [5, 5.41) is 3.03. The predicted molar refractivity (Wildman–Crippen MR) is 114 cm³/mol. The molecule has 0 aliphatic carbocycles. The molecule has 8 nitrogen and oxygen atoms in total. The van der Waals surface area contributed by atoms with Crippen LogP contribution in [0.5, 0.6) is 0 Å². The summed E-state index contributed by atoms with van der Waals surface area (Å²) in [5.41, 5.74) is 2.36. The smallest absolute Gasteiger partial charge is 0.322 e. The van der Waals surface area contributed by atoms with Gasteiger partial charge in [0, 0.05) is 56.5 Å². The number of hydrogen-bond donors (Lipinski definition) is 2. The van der Waals surface area contributed by atoms with Crippen LogP contribution in [-0.4, -0.2) is 83.5 Å². The lowest BCUT2D eigenvalue weighted by Crippen LogP contribution is -2.49. The number of sulfonamides is 1. The first-order chi connectivity index (χ1) is 13.8. The van der Waals surface area contributed by atoms with E-state index in [2.05, 4.69) is 31.5 Å². The van der Waals surface area contributed by atoms with Gasteiger partial charge < -0.3 is 15.0 Å². The van der Waals surface area contributed by atoms with Gasteiger partial charge in [-0.3, -0.25) is 9.69 Å². The van der Waals surface area contributed by atoms with Gasteiger partial charge in [0.25, 0.3) is 0 Å². The first-order valence-corrected chi connectivity index (χ1v) is 11.8. The Hall–Kier alpha value is -1.39. The Kier molecular flexibility index (Phi) is 7.39. The van der Waals surface area contributed by atoms with Crippen molar-refractivity contribution >= 4 is 33.3 Å². The van der Waals surface area contributed by atoms with Crippen LogP contribution in [0.1, 0.15) is 12.0 Å². The van der Waals surface area contributed by atoms with Crippen molar-refractivity contribution in [2.75, 3.05) is 57.8 Å². The number of aryl methyl sites for hydroxylation is 1. The maximum Gasteiger partial charge on any atom is 0.322 e. The first kappa shape index (κ1) is 22.3. The zero-order chi connectivity index (χ0) is 21.0. The molecule has 29 heavy (non-hydrogen) atoms. The summed E-state index contributed by atoms with van der Waals surface area (Å²) in [5.74, 6) is -0.421. The van der Waals surface area contributed by atoms with E-state index in [4.69, 9.17) is 11.6 Å². The van der Waals surface area contributed by atoms with E-state index in [1.807, 2.05) is 18.2 Å². The summed E-state index contributed by atoms with van der Waals surface area (Å²) in [6, 6.07) is 5.37. The zero-order valence-corrected chi connectivity index (χ0v) is 18.4. The normalized spacial score (nSPS) is 23.3. The predicted octanol–water partition coefficient (Wildman–Crippen LogP) is 0.593. The average molecular weight is 445 g/mol. The lowest BCUT2D eigenvalue weighted by atomic mass is 10.1. The van der Waals surface area contributed by atoms with Gasteiger partial charge in [-0.15, -0.1) is 0 Å². The number of rotatable bonds is 7. The topological polar surface area (TPSA) is 91.0 Å². The number of carbonyl (C=O) groups excluding carboxylic acids is 1. The van der Waals surface area contributed by atoms with Gasteiger partial charge >= 0.3 is 5.97 Å². The third-order valence-electron chi connectivity index (χ3n) is 5.63. The number of anilines is 1. The fraction of sp³-hybridized carbons (Fsp3) is 0.632. The SMILES string of the molecule is COC(=O)C1CC(S(=O)(=O)NCCN2CCN(c3cc(Cl)ccc3C)CC2)CN1. The van der Waals surface area contributed by atoms with Crippen LogP contribution in [0.15, 0.2) is 18.2 Å². The molecule has 2 saturated heterocycles. The van der Waals surface area contributed by atoms with Gasteiger partial charge in [0.1, 0.15) is 6.04 Å². The summed E-state index contributed by atoms with van der Waals surface area (Å²) < 4.78 is 32.4. The highest BCUT2D eigenvalue weighted by Gasteiger charge is 2.37. The molecule has 3 rings (SSSR count). The number of esters is 1. The van der Waals surface area contributed by atoms with Gasteiger partial charge in [-0.1, -0.05) is 17.7 Å². The number of benzene rings is 1. The van der Waals surface area contributed by atoms with Crippen LogP contribution in [0.4, 0.5) is 5.69 Å². The van der Waals surface area contributed by atoms with E-state index in [1.165, 1.54) is 12.7 Å². The van der Waals surface area contributed by atoms with Crippen molar-refractivity contribution in [3.05, 3.63) is 28.8 Å². The van der Waals surface area contributed by atoms with E-state index in [-0.39, 0.29) is 13.0 Å². The molecule has 1 aromatic carbocycles. The molecule has 2 atom stereocenters. The Bertz CT molecular complexity index is 827. The molecule has 10 heteroatoms. The lowest BCUT2D eigenvalue weighted by molar-refractivity contribution is -0.142. The second-order valence-corrected chi connectivity index (χ2v) is 10.0. The Balaban J connectivity index is 1.43. The number of ether oxygens (including phenoxy) is 1. The third kappa shape index (κ3) is 5.61. The van der Waals surface area contributed by atoms with Crippen LogP contribution < -0.4 is 14.9 Å². The molecule has 2 N–H and O–H groups in total. The van der Waals surface area contributed by atoms with Crippen LogP contribution in [0.25, 0.3) is 0 Å². The maximum atomic E-state index is 12.5. The number of hydrogen-bond acceptors (Lipinski definition) is 7. The molecule has 2 aliphatic heterocycles. The van der Waals surface area contributed by atoms with Crippen molar-refractivity contribution in [3.8, 4) is 0 Å². The number of halogens is 1. The number of methoxy groups -OCH3 is 1. The van der Waals surface area contributed by atoms with E-state index < -0.39 is 27.3 Å². The molecule has 0 spiro atoms. The summed E-state index contributed by atoms with van der Waals surface area (Å²) in [4.78, 5) is 16.1. The first-order valence-electron chi connectivity index (χ1n) is 9.83. The van der Waals surface area contributed by atoms with Gasteiger partial charge in [-0.25, -0.2) is 13.1 Å². The second kappa shape index (κ2) is 9.61. The van der Waals surface area contributed by atoms with Crippen molar-refractivity contribution in [1.82, 2.24) is 14.9 Å². The average Bonchev–Trinajstić information content (AvgIpc) is 3.21. The van der Waals surface area contributed by atoms with E-state index in [0.29, 0.717) is 13.1 Å². The van der Waals surface area contributed by atoms with E-state index in [0.717, 1.165) is 36.9 Å². The fourth-order valence-corrected chi connectivity index (χ4v) is 5.40. The second-order valence-electron chi connectivity index (χ2n) is 7.54. The summed E-state index contributed by atoms with van der Waals surface area (Å²) >= 11 is 6.13. The number of nitrogens with one attached hydrogen (secondary N) is 2. The van der Waals surface area contributed by atoms with Crippen molar-refractivity contribution < 1.29 is 17.9 Å². The quantitative estimate of drug-likeness (QED) is 0.595. The van der Waals surface area contributed by atoms with Gasteiger partial charge in [-0.05, 0) is 31.0 Å². The molecule has 0 bridgehead atoms. The summed E-state index contributed by atoms with van der Waals surface area (Å²) in [6.45, 7) is 6.83. The van der Waals surface area contributed by atoms with Crippen LogP contribution in [0.3, 0.4) is 0 Å². The van der Waals surface area contributed by atoms with Gasteiger partial charge in [0.15, 0.2) is 0 Å². The van der Waals surface area contributed by atoms with Crippen molar-refractivity contribution in [2.45, 2.75) is 24.6 Å². The maximum absolute atomic E-state index is 12.5. The molecular weight excluding hydrogens is 416 g/mol. The van der Waals surface area contributed by atoms with Crippen LogP contribution >= 0.6 is 11.6 Å². The molecule has 1 aromatic rings. The fourth-order valence-electron chi connectivity index (χ4n) is 3.86. The van der Waals surface area contributed by atoms with Crippen molar-refractivity contribution in [3.63, 3.8) is 0 Å². The molecule has 0 radical (unpaired) electrons. The minimum absolute atomic E-state index is 0.236. The molecule has 2 unspecified atom stereocenters. The molecule has 0 saturated carbocycles. The molecule has 162 valence electrons. The van der Waals surface area contributed by atoms with Crippen LogP contribution in [0.2, 0.25) is 5.02 Å². The molecule has 2 fully saturated rings. The standard InChI is InChI=1S/C19H29ClN4O4S/c1-14-3-4-15(20)11-18(14)24-9-7-23(8-10-24)6-5-22-29(26,27)16-12-17(21-13-16)19(25)28-2/h3-4,11,16-17,21-22H,5-10,12-13H2,1-2H3. The number of piperazine rings is 1. The molecule has 2 heterocycles. The summed E-state index contributed by atoms with van der Waals surface area (Å²) in [7, 11) is -2.17. The van der Waals surface area contributed by atoms with Crippen LogP contribution in [-0.2, 0) is 19.6 Å². The minimum atomic E-state index is -3.47. The van der Waals surface area contributed by atoms with Gasteiger partial charge in [0.2, 0.25) is 10.0 Å². The Morgan fingerprint density at radius 1 is 1.31 bits per heavy atom. The Morgan fingerprint density at radius 2 is 2.03 bits per heavy atom. The van der Waals surface area contributed by atoms with E-state index in [1.54, 1.807) is 0 Å². The molecular formula is C19H29ClN4O4S. The van der Waals surface area contributed by atoms with Crippen molar-refractivity contribution in [2.24, 2.45) is 0 Å². The highest BCUT2D eigenvalue weighted by Crippen LogP contribution is 2.25. The molecule has 0 aromatic heterocycles. The third-order valence-corrected chi connectivity index (χ3v) is 7.71. The zero-order valence-electron chi connectivity index (χ0n) is 16.9. The number of carbonyl (C=O) groups is 1. The van der Waals surface area contributed by atoms with Gasteiger partial charge in [0.05, 0.1) is 12.4 Å².